The minimum Gasteiger partial charge on any atom is -0.478 e. The summed E-state index contributed by atoms with van der Waals surface area (Å²) in [7, 11) is 1.93. The summed E-state index contributed by atoms with van der Waals surface area (Å²) in [5, 5.41) is 16.3. The van der Waals surface area contributed by atoms with Crippen LogP contribution in [0.2, 0.25) is 0 Å². The summed E-state index contributed by atoms with van der Waals surface area (Å²) in [6.45, 7) is 3.27. The predicted octanol–water partition coefficient (Wildman–Crippen LogP) is 3.89. The molecule has 1 saturated heterocycles. The predicted molar refractivity (Wildman–Crippen MR) is 142 cm³/mol. The third kappa shape index (κ3) is 4.99. The van der Waals surface area contributed by atoms with Crippen molar-refractivity contribution in [3.05, 3.63) is 95.1 Å². The van der Waals surface area contributed by atoms with Gasteiger partial charge in [-0.1, -0.05) is 42.5 Å². The summed E-state index contributed by atoms with van der Waals surface area (Å²) in [6, 6.07) is 19.3. The number of nitrogens with one attached hydrogen (secondary N) is 2. The first-order valence-electron chi connectivity index (χ1n) is 13.2. The van der Waals surface area contributed by atoms with Crippen LogP contribution in [0.3, 0.4) is 0 Å². The van der Waals surface area contributed by atoms with E-state index in [-0.39, 0.29) is 11.8 Å². The first kappa shape index (κ1) is 23.8. The van der Waals surface area contributed by atoms with Crippen LogP contribution in [0, 0.1) is 5.92 Å². The number of piperidine rings is 1. The smallest absolute Gasteiger partial charge is 0.339 e. The Balaban J connectivity index is 1.21. The fourth-order valence-corrected chi connectivity index (χ4v) is 5.91. The molecule has 8 nitrogen and oxygen atoms in total. The van der Waals surface area contributed by atoms with Crippen molar-refractivity contribution in [2.24, 2.45) is 5.92 Å². The van der Waals surface area contributed by atoms with Crippen LogP contribution >= 0.6 is 0 Å². The molecule has 37 heavy (non-hydrogen) atoms. The number of rotatable bonds is 8. The van der Waals surface area contributed by atoms with E-state index >= 15 is 0 Å². The maximum absolute atomic E-state index is 12.1. The molecule has 1 aromatic heterocycles. The number of carboxylic acid groups (broad SMARTS) is 1. The Morgan fingerprint density at radius 1 is 1.14 bits per heavy atom. The number of hydrogen-bond acceptors (Lipinski definition) is 6. The third-order valence-electron chi connectivity index (χ3n) is 7.94. The van der Waals surface area contributed by atoms with Crippen molar-refractivity contribution < 1.29 is 9.90 Å². The number of hydrazine groups is 2. The van der Waals surface area contributed by atoms with Crippen molar-refractivity contribution in [2.45, 2.75) is 37.5 Å². The fraction of sp³-hybridized carbons (Fsp3) is 0.379. The first-order valence-corrected chi connectivity index (χ1v) is 13.2. The fourth-order valence-electron chi connectivity index (χ4n) is 5.91. The van der Waals surface area contributed by atoms with Crippen LogP contribution in [-0.2, 0) is 6.42 Å². The first-order chi connectivity index (χ1) is 18.1. The van der Waals surface area contributed by atoms with Gasteiger partial charge < -0.3 is 15.4 Å². The van der Waals surface area contributed by atoms with Crippen LogP contribution in [0.4, 0.5) is 0 Å². The second kappa shape index (κ2) is 10.0. The monoisotopic (exact) mass is 498 g/mol. The molecule has 1 unspecified atom stereocenters. The number of allylic oxidation sites excluding steroid dienone is 1. The van der Waals surface area contributed by atoms with E-state index in [0.29, 0.717) is 11.5 Å². The van der Waals surface area contributed by atoms with Crippen molar-refractivity contribution in [3.63, 3.8) is 0 Å². The molecule has 3 aromatic rings. The van der Waals surface area contributed by atoms with Crippen molar-refractivity contribution in [1.82, 2.24) is 30.6 Å². The molecule has 3 heterocycles. The second-order valence-electron chi connectivity index (χ2n) is 10.5. The lowest BCUT2D eigenvalue weighted by Gasteiger charge is -2.33. The number of aromatic carboxylic acids is 1. The van der Waals surface area contributed by atoms with Crippen molar-refractivity contribution >= 4 is 5.97 Å². The lowest BCUT2D eigenvalue weighted by molar-refractivity contribution is 0.0695. The number of nitrogens with zero attached hydrogens (tertiary/aromatic N) is 4. The summed E-state index contributed by atoms with van der Waals surface area (Å²) in [6.07, 6.45) is 7.86. The van der Waals surface area contributed by atoms with E-state index in [1.165, 1.54) is 30.2 Å². The molecule has 1 saturated carbocycles. The highest BCUT2D eigenvalue weighted by Gasteiger charge is 2.46. The Bertz CT molecular complexity index is 1300. The number of likely N-dealkylation sites (tertiary alicyclic amines) is 1. The van der Waals surface area contributed by atoms with Gasteiger partial charge in [0.2, 0.25) is 0 Å². The zero-order valence-electron chi connectivity index (χ0n) is 21.2. The van der Waals surface area contributed by atoms with Crippen LogP contribution < -0.4 is 11.0 Å². The highest BCUT2D eigenvalue weighted by Crippen LogP contribution is 2.52. The SMILES string of the molecule is CN1C=C([C@@H]2C[C@H]2c2c(C(=O)O)cnn2-c2cccc(C3CCCN(CCc4ccccc4)C3)c2)NN1. The standard InChI is InChI=1S/C29H34N6O2/c1-33-19-27(31-32-33)24-16-25(24)28-26(29(36)37)17-30-35(28)23-11-5-9-21(15-23)22-10-6-13-34(18-22)14-12-20-7-3-2-4-8-20/h2-5,7-9,11,15,17,19,22,24-25,31-32H,6,10,12-14,16,18H2,1H3,(H,36,37)/t22?,24-,25-/m1/s1. The van der Waals surface area contributed by atoms with Gasteiger partial charge in [0.15, 0.2) is 0 Å². The van der Waals surface area contributed by atoms with Gasteiger partial charge in [-0.3, -0.25) is 5.01 Å². The molecule has 2 fully saturated rings. The average Bonchev–Trinajstić information content (AvgIpc) is 3.37. The molecule has 2 aromatic carbocycles. The highest BCUT2D eigenvalue weighted by atomic mass is 16.4. The molecule has 0 bridgehead atoms. The number of benzene rings is 2. The van der Waals surface area contributed by atoms with Crippen LogP contribution in [0.1, 0.15) is 58.3 Å². The summed E-state index contributed by atoms with van der Waals surface area (Å²) < 4.78 is 1.86. The Morgan fingerprint density at radius 2 is 2.00 bits per heavy atom. The zero-order valence-corrected chi connectivity index (χ0v) is 21.2. The minimum absolute atomic E-state index is 0.118. The highest BCUT2D eigenvalue weighted by molar-refractivity contribution is 5.89. The quantitative estimate of drug-likeness (QED) is 0.434. The Kier molecular flexibility index (Phi) is 6.44. The van der Waals surface area contributed by atoms with Gasteiger partial charge in [0.1, 0.15) is 5.56 Å². The number of carbonyl (C=O) groups is 1. The second-order valence-corrected chi connectivity index (χ2v) is 10.5. The molecule has 0 radical (unpaired) electrons. The average molecular weight is 499 g/mol. The summed E-state index contributed by atoms with van der Waals surface area (Å²) >= 11 is 0. The lowest BCUT2D eigenvalue weighted by Crippen LogP contribution is -2.35. The summed E-state index contributed by atoms with van der Waals surface area (Å²) in [5.74, 6) is -0.0864. The molecule has 2 aliphatic heterocycles. The van der Waals surface area contributed by atoms with E-state index in [9.17, 15) is 9.90 Å². The van der Waals surface area contributed by atoms with E-state index in [4.69, 9.17) is 0 Å². The maximum Gasteiger partial charge on any atom is 0.339 e. The minimum atomic E-state index is -0.923. The molecular formula is C29H34N6O2. The molecule has 192 valence electrons. The van der Waals surface area contributed by atoms with Gasteiger partial charge in [-0.2, -0.15) is 5.10 Å². The van der Waals surface area contributed by atoms with Gasteiger partial charge in [-0.05, 0) is 61.4 Å². The van der Waals surface area contributed by atoms with Gasteiger partial charge in [0.25, 0.3) is 0 Å². The van der Waals surface area contributed by atoms with Crippen LogP contribution in [-0.4, -0.2) is 57.4 Å². The van der Waals surface area contributed by atoms with E-state index in [0.717, 1.165) is 49.6 Å². The van der Waals surface area contributed by atoms with Crippen molar-refractivity contribution in [2.75, 3.05) is 26.7 Å². The largest absolute Gasteiger partial charge is 0.478 e. The van der Waals surface area contributed by atoms with Gasteiger partial charge in [0.05, 0.1) is 17.6 Å². The lowest BCUT2D eigenvalue weighted by atomic mass is 9.90. The molecule has 0 spiro atoms. The molecule has 8 heteroatoms. The van der Waals surface area contributed by atoms with E-state index in [1.54, 1.807) is 0 Å². The Labute approximate surface area is 217 Å². The molecular weight excluding hydrogens is 464 g/mol. The molecule has 6 rings (SSSR count). The molecule has 1 aliphatic carbocycles. The summed E-state index contributed by atoms with van der Waals surface area (Å²) in [4.78, 5) is 14.7. The number of carboxylic acids is 1. The van der Waals surface area contributed by atoms with Crippen molar-refractivity contribution in [1.29, 1.82) is 0 Å². The topological polar surface area (TPSA) is 85.7 Å². The van der Waals surface area contributed by atoms with E-state index < -0.39 is 5.97 Å². The molecule has 0 amide bonds. The zero-order chi connectivity index (χ0) is 25.4. The third-order valence-corrected chi connectivity index (χ3v) is 7.94. The van der Waals surface area contributed by atoms with Gasteiger partial charge >= 0.3 is 5.97 Å². The molecule has 3 aliphatic rings. The van der Waals surface area contributed by atoms with Crippen LogP contribution in [0.15, 0.2) is 72.7 Å². The van der Waals surface area contributed by atoms with E-state index in [2.05, 4.69) is 69.5 Å². The van der Waals surface area contributed by atoms with Crippen molar-refractivity contribution in [3.8, 4) is 5.69 Å². The van der Waals surface area contributed by atoms with Crippen LogP contribution in [0.5, 0.6) is 0 Å². The normalized spacial score (nSPS) is 23.5. The van der Waals surface area contributed by atoms with Gasteiger partial charge in [-0.25, -0.2) is 9.48 Å². The summed E-state index contributed by atoms with van der Waals surface area (Å²) in [5.41, 5.74) is 12.1. The molecule has 3 N–H and O–H groups in total. The molecule has 3 atom stereocenters. The Hall–Kier alpha value is -3.62. The van der Waals surface area contributed by atoms with Gasteiger partial charge in [0, 0.05) is 43.9 Å². The van der Waals surface area contributed by atoms with E-state index in [1.807, 2.05) is 29.0 Å². The number of aromatic nitrogens is 2. The maximum atomic E-state index is 12.1. The Morgan fingerprint density at radius 3 is 2.78 bits per heavy atom. The number of hydrogen-bond donors (Lipinski definition) is 3. The van der Waals surface area contributed by atoms with Gasteiger partial charge in [-0.15, -0.1) is 5.53 Å². The van der Waals surface area contributed by atoms with Crippen LogP contribution in [0.25, 0.3) is 5.69 Å².